The number of benzene rings is 1. The molecule has 2 N–H and O–H groups in total. The molecule has 1 aliphatic rings. The Morgan fingerprint density at radius 2 is 1.96 bits per heavy atom. The summed E-state index contributed by atoms with van der Waals surface area (Å²) in [4.78, 5) is 4.34. The first-order chi connectivity index (χ1) is 12.5. The second-order valence-electron chi connectivity index (χ2n) is 7.39. The van der Waals surface area contributed by atoms with Crippen LogP contribution in [0.4, 0.5) is 5.69 Å². The molecule has 1 aromatic heterocycles. The van der Waals surface area contributed by atoms with E-state index in [1.807, 2.05) is 25.3 Å². The molecular weight excluding hydrogens is 346 g/mol. The van der Waals surface area contributed by atoms with Gasteiger partial charge in [0.1, 0.15) is 0 Å². The molecule has 0 spiro atoms. The average molecular weight is 376 g/mol. The molecule has 0 radical (unpaired) electrons. The molecule has 1 atom stereocenters. The molecule has 1 unspecified atom stereocenters. The van der Waals surface area contributed by atoms with E-state index in [4.69, 9.17) is 0 Å². The Morgan fingerprint density at radius 1 is 1.19 bits per heavy atom. The molecule has 6 heteroatoms. The molecule has 5 nitrogen and oxygen atoms in total. The van der Waals surface area contributed by atoms with Crippen LogP contribution < -0.4 is 10.0 Å². The van der Waals surface area contributed by atoms with Crippen LogP contribution in [0.25, 0.3) is 10.9 Å². The summed E-state index contributed by atoms with van der Waals surface area (Å²) in [6.07, 6.45) is 6.40. The third-order valence-electron chi connectivity index (χ3n) is 5.48. The number of hydrogen-bond acceptors (Lipinski definition) is 4. The Balaban J connectivity index is 1.48. The minimum atomic E-state index is -3.18. The van der Waals surface area contributed by atoms with E-state index in [1.165, 1.54) is 0 Å². The fourth-order valence-electron chi connectivity index (χ4n) is 3.50. The van der Waals surface area contributed by atoms with Crippen LogP contribution >= 0.6 is 0 Å². The lowest BCUT2D eigenvalue weighted by Gasteiger charge is -2.30. The largest absolute Gasteiger partial charge is 0.385 e. The van der Waals surface area contributed by atoms with Gasteiger partial charge in [-0.25, -0.2) is 13.1 Å². The second-order valence-corrected chi connectivity index (χ2v) is 9.52. The predicted molar refractivity (Wildman–Crippen MR) is 108 cm³/mol. The van der Waals surface area contributed by atoms with Gasteiger partial charge in [0, 0.05) is 29.9 Å². The first-order valence-corrected chi connectivity index (χ1v) is 11.1. The zero-order chi connectivity index (χ0) is 18.6. The fraction of sp³-hybridized carbons (Fsp3) is 0.550. The molecule has 1 fully saturated rings. The molecule has 1 aliphatic carbocycles. The van der Waals surface area contributed by atoms with Gasteiger partial charge in [-0.1, -0.05) is 13.0 Å². The van der Waals surface area contributed by atoms with Crippen LogP contribution in [0.15, 0.2) is 36.5 Å². The maximum absolute atomic E-state index is 12.2. The molecule has 26 heavy (non-hydrogen) atoms. The van der Waals surface area contributed by atoms with Crippen LogP contribution in [0.2, 0.25) is 0 Å². The minimum Gasteiger partial charge on any atom is -0.385 e. The van der Waals surface area contributed by atoms with Crippen LogP contribution in [-0.2, 0) is 10.0 Å². The molecular formula is C20H29N3O2S. The second kappa shape index (κ2) is 8.35. The van der Waals surface area contributed by atoms with Crippen LogP contribution in [0, 0.1) is 5.92 Å². The van der Waals surface area contributed by atoms with Crippen molar-refractivity contribution in [3.63, 3.8) is 0 Å². The Labute approximate surface area is 156 Å². The van der Waals surface area contributed by atoms with E-state index >= 15 is 0 Å². The molecule has 2 aromatic rings. The van der Waals surface area contributed by atoms with Crippen LogP contribution in [0.3, 0.4) is 0 Å². The highest BCUT2D eigenvalue weighted by molar-refractivity contribution is 7.90. The van der Waals surface area contributed by atoms with Crippen molar-refractivity contribution in [2.24, 2.45) is 5.92 Å². The number of nitrogens with zero attached hydrogens (tertiary/aromatic N) is 1. The Bertz CT molecular complexity index is 830. The highest BCUT2D eigenvalue weighted by Crippen LogP contribution is 2.26. The first kappa shape index (κ1) is 19.1. The highest BCUT2D eigenvalue weighted by Gasteiger charge is 2.27. The summed E-state index contributed by atoms with van der Waals surface area (Å²) in [5.74, 6) is 0.587. The van der Waals surface area contributed by atoms with E-state index in [9.17, 15) is 8.42 Å². The van der Waals surface area contributed by atoms with E-state index in [-0.39, 0.29) is 11.3 Å². The van der Waals surface area contributed by atoms with Gasteiger partial charge in [0.15, 0.2) is 0 Å². The van der Waals surface area contributed by atoms with Gasteiger partial charge in [0.05, 0.1) is 10.8 Å². The summed E-state index contributed by atoms with van der Waals surface area (Å²) in [5, 5.41) is 4.35. The third kappa shape index (κ3) is 4.74. The van der Waals surface area contributed by atoms with Crippen molar-refractivity contribution in [2.45, 2.75) is 57.2 Å². The Morgan fingerprint density at radius 3 is 2.69 bits per heavy atom. The first-order valence-electron chi connectivity index (χ1n) is 9.57. The average Bonchev–Trinajstić information content (AvgIpc) is 2.66. The molecule has 1 heterocycles. The molecule has 0 saturated heterocycles. The fourth-order valence-corrected chi connectivity index (χ4v) is 4.87. The standard InChI is InChI=1S/C20H29N3O2S/c1-3-15(2)26(24,25)23-18-8-6-16(7-9-18)14-22-19-10-11-20-17(13-19)5-4-12-21-20/h4-5,10-13,15-16,18,22-23H,3,6-9,14H2,1-2H3. The van der Waals surface area contributed by atoms with Gasteiger partial charge in [-0.3, -0.25) is 4.98 Å². The van der Waals surface area contributed by atoms with Crippen molar-refractivity contribution >= 4 is 26.6 Å². The van der Waals surface area contributed by atoms with Gasteiger partial charge in [0.25, 0.3) is 0 Å². The number of anilines is 1. The summed E-state index contributed by atoms with van der Waals surface area (Å²) < 4.78 is 27.3. The Hall–Kier alpha value is -1.66. The molecule has 0 amide bonds. The number of sulfonamides is 1. The molecule has 1 saturated carbocycles. The monoisotopic (exact) mass is 375 g/mol. The molecule has 142 valence electrons. The summed E-state index contributed by atoms with van der Waals surface area (Å²) in [7, 11) is -3.18. The van der Waals surface area contributed by atoms with E-state index in [0.717, 1.165) is 48.8 Å². The van der Waals surface area contributed by atoms with Crippen molar-refractivity contribution in [2.75, 3.05) is 11.9 Å². The SMILES string of the molecule is CCC(C)S(=O)(=O)NC1CCC(CNc2ccc3ncccc3c2)CC1. The maximum atomic E-state index is 12.2. The summed E-state index contributed by atoms with van der Waals surface area (Å²) in [5.41, 5.74) is 2.12. The smallest absolute Gasteiger partial charge is 0.214 e. The van der Waals surface area contributed by atoms with Gasteiger partial charge < -0.3 is 5.32 Å². The predicted octanol–water partition coefficient (Wildman–Crippen LogP) is 3.92. The number of hydrogen-bond donors (Lipinski definition) is 2. The van der Waals surface area contributed by atoms with Crippen molar-refractivity contribution in [3.8, 4) is 0 Å². The van der Waals surface area contributed by atoms with Crippen LogP contribution in [0.5, 0.6) is 0 Å². The van der Waals surface area contributed by atoms with E-state index in [0.29, 0.717) is 12.3 Å². The van der Waals surface area contributed by atoms with Crippen molar-refractivity contribution < 1.29 is 8.42 Å². The van der Waals surface area contributed by atoms with Crippen molar-refractivity contribution in [3.05, 3.63) is 36.5 Å². The zero-order valence-corrected chi connectivity index (χ0v) is 16.4. The van der Waals surface area contributed by atoms with Gasteiger partial charge in [-0.15, -0.1) is 0 Å². The topological polar surface area (TPSA) is 71.1 Å². The quantitative estimate of drug-likeness (QED) is 0.769. The lowest BCUT2D eigenvalue weighted by molar-refractivity contribution is 0.323. The van der Waals surface area contributed by atoms with Gasteiger partial charge in [0.2, 0.25) is 10.0 Å². The van der Waals surface area contributed by atoms with E-state index in [2.05, 4.69) is 33.2 Å². The molecule has 0 aliphatic heterocycles. The van der Waals surface area contributed by atoms with Crippen molar-refractivity contribution in [1.29, 1.82) is 0 Å². The third-order valence-corrected chi connectivity index (χ3v) is 7.53. The normalized spacial score (nSPS) is 22.2. The van der Waals surface area contributed by atoms with E-state index in [1.54, 1.807) is 6.92 Å². The summed E-state index contributed by atoms with van der Waals surface area (Å²) in [6, 6.07) is 10.4. The number of pyridine rings is 1. The lowest BCUT2D eigenvalue weighted by atomic mass is 9.86. The minimum absolute atomic E-state index is 0.0944. The van der Waals surface area contributed by atoms with Crippen LogP contribution in [0.1, 0.15) is 46.0 Å². The number of rotatable bonds is 7. The summed E-state index contributed by atoms with van der Waals surface area (Å²) >= 11 is 0. The van der Waals surface area contributed by atoms with E-state index < -0.39 is 10.0 Å². The van der Waals surface area contributed by atoms with Gasteiger partial charge in [-0.2, -0.15) is 0 Å². The zero-order valence-electron chi connectivity index (χ0n) is 15.6. The van der Waals surface area contributed by atoms with Crippen LogP contribution in [-0.4, -0.2) is 31.2 Å². The molecule has 0 bridgehead atoms. The highest BCUT2D eigenvalue weighted by atomic mass is 32.2. The van der Waals surface area contributed by atoms with Crippen molar-refractivity contribution in [1.82, 2.24) is 9.71 Å². The molecule has 3 rings (SSSR count). The molecule has 1 aromatic carbocycles. The lowest BCUT2D eigenvalue weighted by Crippen LogP contribution is -2.42. The number of fused-ring (bicyclic) bond motifs is 1. The number of aromatic nitrogens is 1. The van der Waals surface area contributed by atoms with Gasteiger partial charge >= 0.3 is 0 Å². The maximum Gasteiger partial charge on any atom is 0.214 e. The Kier molecular flexibility index (Phi) is 6.14. The summed E-state index contributed by atoms with van der Waals surface area (Å²) in [6.45, 7) is 4.61. The van der Waals surface area contributed by atoms with Gasteiger partial charge in [-0.05, 0) is 69.2 Å². The number of nitrogens with one attached hydrogen (secondary N) is 2.